The van der Waals surface area contributed by atoms with Crippen LogP contribution in [0.3, 0.4) is 0 Å². The van der Waals surface area contributed by atoms with E-state index in [1.54, 1.807) is 46.4 Å². The van der Waals surface area contributed by atoms with Crippen LogP contribution in [-0.2, 0) is 29.1 Å². The molecule has 2 unspecified atom stereocenters. The Morgan fingerprint density at radius 1 is 0.476 bits per heavy atom. The van der Waals surface area contributed by atoms with Crippen LogP contribution in [0.2, 0.25) is 0 Å². The van der Waals surface area contributed by atoms with Crippen molar-refractivity contribution in [2.24, 2.45) is 10.2 Å². The number of fused-ring (bicyclic) bond motifs is 6. The summed E-state index contributed by atoms with van der Waals surface area (Å²) in [6.07, 6.45) is 0.916. The van der Waals surface area contributed by atoms with E-state index in [0.717, 1.165) is 55.9 Å². The number of carbonyl (C=O) groups excluding carboxylic acids is 2. The van der Waals surface area contributed by atoms with E-state index in [4.69, 9.17) is 19.7 Å². The number of esters is 2. The average molecular weight is 877 g/mol. The molecule has 316 valence electrons. The number of benzene rings is 6. The van der Waals surface area contributed by atoms with Crippen LogP contribution in [0, 0.1) is 0 Å². The van der Waals surface area contributed by atoms with Crippen LogP contribution in [0.15, 0.2) is 156 Å². The van der Waals surface area contributed by atoms with Gasteiger partial charge in [0.25, 0.3) is 0 Å². The van der Waals surface area contributed by atoms with Crippen molar-refractivity contribution in [2.75, 3.05) is 39.8 Å². The van der Waals surface area contributed by atoms with E-state index in [1.807, 2.05) is 109 Å². The van der Waals surface area contributed by atoms with Crippen molar-refractivity contribution in [1.29, 1.82) is 0 Å². The number of para-hydroxylation sites is 2. The summed E-state index contributed by atoms with van der Waals surface area (Å²) in [6, 6.07) is 44.1. The molecule has 0 amide bonds. The minimum absolute atomic E-state index is 0.00435. The van der Waals surface area contributed by atoms with Crippen LogP contribution >= 0.6 is 0 Å². The summed E-state index contributed by atoms with van der Waals surface area (Å²) in [5, 5.41) is 13.8. The molecule has 0 bridgehead atoms. The van der Waals surface area contributed by atoms with Gasteiger partial charge in [-0.15, -0.1) is 0 Å². The topological polar surface area (TPSA) is 152 Å². The Balaban J connectivity index is 0.870. The summed E-state index contributed by atoms with van der Waals surface area (Å²) >= 11 is 0. The first-order chi connectivity index (χ1) is 30.5. The molecule has 2 atom stereocenters. The van der Waals surface area contributed by atoms with Crippen LogP contribution < -0.4 is 10.0 Å². The first-order valence-electron chi connectivity index (χ1n) is 20.6. The quantitative estimate of drug-likeness (QED) is 0.0767. The first-order valence-corrected chi connectivity index (χ1v) is 24.3. The van der Waals surface area contributed by atoms with Gasteiger partial charge in [0, 0.05) is 22.3 Å². The summed E-state index contributed by atoms with van der Waals surface area (Å²) in [7, 11) is -6.39. The second-order valence-corrected chi connectivity index (χ2v) is 20.4. The first kappa shape index (κ1) is 40.2. The third-order valence-corrected chi connectivity index (χ3v) is 15.4. The normalized spacial score (nSPS) is 19.8. The van der Waals surface area contributed by atoms with Gasteiger partial charge in [-0.05, 0) is 83.6 Å². The van der Waals surface area contributed by atoms with Crippen LogP contribution in [0.1, 0.15) is 55.8 Å². The van der Waals surface area contributed by atoms with Crippen molar-refractivity contribution in [3.8, 4) is 22.3 Å². The second kappa shape index (κ2) is 16.1. The number of nitrogens with zero attached hydrogens (tertiary/aromatic N) is 4. The molecule has 2 aliphatic heterocycles. The van der Waals surface area contributed by atoms with Crippen molar-refractivity contribution >= 4 is 54.4 Å². The van der Waals surface area contributed by atoms with Gasteiger partial charge in [0.15, 0.2) is 19.7 Å². The second-order valence-electron chi connectivity index (χ2n) is 16.0. The molecule has 0 N–H and O–H groups in total. The lowest BCUT2D eigenvalue weighted by atomic mass is 10.0. The fourth-order valence-electron chi connectivity index (χ4n) is 8.87. The summed E-state index contributed by atoms with van der Waals surface area (Å²) < 4.78 is 61.1. The highest BCUT2D eigenvalue weighted by Crippen LogP contribution is 2.40. The lowest BCUT2D eigenvalue weighted by Gasteiger charge is -2.26. The number of rotatable bonds is 10. The van der Waals surface area contributed by atoms with Crippen LogP contribution in [0.25, 0.3) is 22.3 Å². The maximum Gasteiger partial charge on any atom is 0.341 e. The molecule has 2 heterocycles. The summed E-state index contributed by atoms with van der Waals surface area (Å²) in [4.78, 5) is 26.9. The predicted molar refractivity (Wildman–Crippen MR) is 243 cm³/mol. The highest BCUT2D eigenvalue weighted by atomic mass is 32.2. The molecule has 2 aliphatic carbocycles. The maximum absolute atomic E-state index is 13.4. The fraction of sp³-hybridized carbons (Fsp3) is 0.184. The Morgan fingerprint density at radius 2 is 0.841 bits per heavy atom. The van der Waals surface area contributed by atoms with Gasteiger partial charge in [-0.25, -0.2) is 26.4 Å². The molecule has 6 aromatic rings. The standard InChI is InChI=1S/C49H40N4O8S2/c54-48(32-19-21-42-44(27-32)38-15-7-9-17-40(38)46(42)50-52(34-11-3-1-4-12-34)36-23-25-62(56,57)29-36)60-31-61-49(55)33-20-22-43-45(28-33)39-16-8-10-18-41(39)47(43)51-53(35-13-5-2-6-14-35)37-24-26-63(58,59)30-37/h1-22,27-28,36-37H,23-26,29-31H2/b50-46+,51-47+. The number of ether oxygens (including phenoxy) is 2. The molecule has 2 fully saturated rings. The Kier molecular flexibility index (Phi) is 10.3. The summed E-state index contributed by atoms with van der Waals surface area (Å²) in [5.41, 5.74) is 9.92. The van der Waals surface area contributed by atoms with Crippen molar-refractivity contribution in [1.82, 2.24) is 0 Å². The van der Waals surface area contributed by atoms with Crippen LogP contribution in [-0.4, -0.2) is 82.1 Å². The van der Waals surface area contributed by atoms with Gasteiger partial charge < -0.3 is 9.47 Å². The molecule has 6 aromatic carbocycles. The van der Waals surface area contributed by atoms with E-state index in [1.165, 1.54) is 0 Å². The van der Waals surface area contributed by atoms with E-state index >= 15 is 0 Å². The Morgan fingerprint density at radius 3 is 1.22 bits per heavy atom. The molecular formula is C49H40N4O8S2. The number of sulfone groups is 2. The van der Waals surface area contributed by atoms with Gasteiger partial charge in [0.2, 0.25) is 6.79 Å². The zero-order chi connectivity index (χ0) is 43.3. The Bertz CT molecular complexity index is 2890. The smallest absolute Gasteiger partial charge is 0.341 e. The largest absolute Gasteiger partial charge is 0.424 e. The third kappa shape index (κ3) is 7.80. The predicted octanol–water partition coefficient (Wildman–Crippen LogP) is 7.51. The number of hydrogen-bond donors (Lipinski definition) is 0. The van der Waals surface area contributed by atoms with Crippen molar-refractivity contribution in [2.45, 2.75) is 24.9 Å². The van der Waals surface area contributed by atoms with Crippen molar-refractivity contribution in [3.63, 3.8) is 0 Å². The molecular weight excluding hydrogens is 837 g/mol. The molecule has 63 heavy (non-hydrogen) atoms. The van der Waals surface area contributed by atoms with Crippen LogP contribution in [0.5, 0.6) is 0 Å². The monoisotopic (exact) mass is 876 g/mol. The number of carbonyl (C=O) groups is 2. The van der Waals surface area contributed by atoms with E-state index in [-0.39, 0.29) is 46.2 Å². The average Bonchev–Trinajstić information content (AvgIpc) is 4.04. The lowest BCUT2D eigenvalue weighted by molar-refractivity contribution is -0.0167. The number of hydrogen-bond acceptors (Lipinski definition) is 12. The zero-order valence-electron chi connectivity index (χ0n) is 33.8. The zero-order valence-corrected chi connectivity index (χ0v) is 35.5. The number of hydrazone groups is 2. The molecule has 4 aliphatic rings. The van der Waals surface area contributed by atoms with Crippen molar-refractivity contribution < 1.29 is 35.9 Å². The summed E-state index contributed by atoms with van der Waals surface area (Å²) in [6.45, 7) is -0.620. The van der Waals surface area contributed by atoms with E-state index < -0.39 is 38.4 Å². The molecule has 12 nitrogen and oxygen atoms in total. The van der Waals surface area contributed by atoms with Gasteiger partial charge in [0.1, 0.15) is 0 Å². The van der Waals surface area contributed by atoms with E-state index in [0.29, 0.717) is 24.3 Å². The van der Waals surface area contributed by atoms with Gasteiger partial charge in [-0.2, -0.15) is 10.2 Å². The molecule has 10 rings (SSSR count). The molecule has 14 heteroatoms. The number of anilines is 2. The van der Waals surface area contributed by atoms with Gasteiger partial charge in [-0.1, -0.05) is 97.1 Å². The van der Waals surface area contributed by atoms with Gasteiger partial charge in [-0.3, -0.25) is 10.0 Å². The van der Waals surface area contributed by atoms with Crippen LogP contribution in [0.4, 0.5) is 11.4 Å². The molecule has 0 radical (unpaired) electrons. The molecule has 0 saturated carbocycles. The summed E-state index contributed by atoms with van der Waals surface area (Å²) in [5.74, 6) is -1.15. The van der Waals surface area contributed by atoms with Gasteiger partial charge >= 0.3 is 11.9 Å². The molecule has 0 spiro atoms. The Hall–Kier alpha value is -6.90. The maximum atomic E-state index is 13.4. The molecule has 2 saturated heterocycles. The Labute approximate surface area is 364 Å². The van der Waals surface area contributed by atoms with Gasteiger partial charge in [0.05, 0.1) is 69.0 Å². The highest BCUT2D eigenvalue weighted by Gasteiger charge is 2.36. The minimum Gasteiger partial charge on any atom is -0.424 e. The SMILES string of the molecule is O=C(OCOC(=O)c1ccc2c(c1)-c1ccccc1/C2=N\N(c1ccccc1)C1CCS(=O)(=O)C1)c1ccc2c(c1)-c1ccccc1/C2=N\N(c1ccccc1)C1CCS(=O)(=O)C1. The van der Waals surface area contributed by atoms with E-state index in [9.17, 15) is 26.4 Å². The minimum atomic E-state index is -3.19. The highest BCUT2D eigenvalue weighted by molar-refractivity contribution is 7.92. The van der Waals surface area contributed by atoms with E-state index in [2.05, 4.69) is 0 Å². The van der Waals surface area contributed by atoms with Crippen molar-refractivity contribution in [3.05, 3.63) is 179 Å². The molecule has 0 aromatic heterocycles. The fourth-order valence-corrected chi connectivity index (χ4v) is 12.3. The third-order valence-electron chi connectivity index (χ3n) is 11.9. The lowest BCUT2D eigenvalue weighted by Crippen LogP contribution is -2.33.